The number of hydrogen-bond donors (Lipinski definition) is 2. The molecule has 2 rings (SSSR count). The lowest BCUT2D eigenvalue weighted by atomic mass is 10.0. The number of aromatic hydroxyl groups is 1. The summed E-state index contributed by atoms with van der Waals surface area (Å²) in [5.74, 6) is -0.869. The predicted molar refractivity (Wildman–Crippen MR) is 62.2 cm³/mol. The third-order valence-electron chi connectivity index (χ3n) is 2.87. The van der Waals surface area contributed by atoms with E-state index in [-0.39, 0.29) is 17.0 Å². The molecule has 0 unspecified atom stereocenters. The molecule has 1 fully saturated rings. The molecule has 1 aliphatic rings. The lowest BCUT2D eigenvalue weighted by Gasteiger charge is -2.14. The lowest BCUT2D eigenvalue weighted by molar-refractivity contribution is 0.348. The Hall–Kier alpha value is -0.810. The van der Waals surface area contributed by atoms with Crippen LogP contribution < -0.4 is 10.5 Å². The quantitative estimate of drug-likeness (QED) is 0.898. The van der Waals surface area contributed by atoms with Gasteiger partial charge in [-0.05, 0) is 25.3 Å². The average molecular weight is 290 g/mol. The highest BCUT2D eigenvalue weighted by atomic mass is 79.9. The van der Waals surface area contributed by atoms with Gasteiger partial charge in [0.15, 0.2) is 17.3 Å². The highest BCUT2D eigenvalue weighted by Crippen LogP contribution is 2.42. The van der Waals surface area contributed by atoms with E-state index in [4.69, 9.17) is 10.5 Å². The Kier molecular flexibility index (Phi) is 2.84. The minimum absolute atomic E-state index is 0.123. The fourth-order valence-corrected chi connectivity index (χ4v) is 2.20. The number of phenolic OH excluding ortho intramolecular Hbond substituents is 1. The number of halogens is 2. The van der Waals surface area contributed by atoms with Gasteiger partial charge in [0, 0.05) is 15.6 Å². The van der Waals surface area contributed by atoms with Crippen molar-refractivity contribution in [3.05, 3.63) is 21.9 Å². The van der Waals surface area contributed by atoms with Crippen molar-refractivity contribution in [1.29, 1.82) is 0 Å². The molecule has 0 aromatic heterocycles. The van der Waals surface area contributed by atoms with Crippen LogP contribution in [0.2, 0.25) is 0 Å². The van der Waals surface area contributed by atoms with Crippen molar-refractivity contribution in [2.45, 2.75) is 24.8 Å². The SMILES string of the molecule is COc1c(O)cc(Br)c(CC2(N)CC2)c1F. The van der Waals surface area contributed by atoms with Gasteiger partial charge in [-0.15, -0.1) is 0 Å². The molecular formula is C11H13BrFNO2. The van der Waals surface area contributed by atoms with E-state index in [1.807, 2.05) is 0 Å². The average Bonchev–Trinajstić information content (AvgIpc) is 2.92. The molecule has 0 amide bonds. The topological polar surface area (TPSA) is 55.5 Å². The smallest absolute Gasteiger partial charge is 0.196 e. The van der Waals surface area contributed by atoms with Gasteiger partial charge >= 0.3 is 0 Å². The van der Waals surface area contributed by atoms with E-state index in [2.05, 4.69) is 15.9 Å². The molecule has 16 heavy (non-hydrogen) atoms. The summed E-state index contributed by atoms with van der Waals surface area (Å²) in [4.78, 5) is 0. The maximum Gasteiger partial charge on any atom is 0.196 e. The third-order valence-corrected chi connectivity index (χ3v) is 3.58. The Morgan fingerprint density at radius 2 is 2.25 bits per heavy atom. The summed E-state index contributed by atoms with van der Waals surface area (Å²) in [6.45, 7) is 0. The normalized spacial score (nSPS) is 17.2. The first-order valence-corrected chi connectivity index (χ1v) is 5.79. The number of phenols is 1. The monoisotopic (exact) mass is 289 g/mol. The van der Waals surface area contributed by atoms with Gasteiger partial charge < -0.3 is 15.6 Å². The van der Waals surface area contributed by atoms with Crippen molar-refractivity contribution in [3.63, 3.8) is 0 Å². The summed E-state index contributed by atoms with van der Waals surface area (Å²) in [7, 11) is 1.32. The Morgan fingerprint density at radius 1 is 1.62 bits per heavy atom. The fourth-order valence-electron chi connectivity index (χ4n) is 1.67. The van der Waals surface area contributed by atoms with Gasteiger partial charge in [0.05, 0.1) is 7.11 Å². The Balaban J connectivity index is 2.43. The summed E-state index contributed by atoms with van der Waals surface area (Å²) in [5, 5.41) is 9.48. The number of hydrogen-bond acceptors (Lipinski definition) is 3. The van der Waals surface area contributed by atoms with Gasteiger partial charge in [-0.3, -0.25) is 0 Å². The number of rotatable bonds is 3. The van der Waals surface area contributed by atoms with Crippen LogP contribution in [0.4, 0.5) is 4.39 Å². The highest BCUT2D eigenvalue weighted by molar-refractivity contribution is 9.10. The second-order valence-electron chi connectivity index (χ2n) is 4.24. The van der Waals surface area contributed by atoms with Crippen LogP contribution in [0.25, 0.3) is 0 Å². The van der Waals surface area contributed by atoms with Crippen LogP contribution >= 0.6 is 15.9 Å². The van der Waals surface area contributed by atoms with Gasteiger partial charge in [-0.25, -0.2) is 4.39 Å². The first-order chi connectivity index (χ1) is 7.47. The zero-order chi connectivity index (χ0) is 11.9. The molecule has 0 aliphatic heterocycles. The number of nitrogens with two attached hydrogens (primary N) is 1. The molecular weight excluding hydrogens is 277 g/mol. The van der Waals surface area contributed by atoms with Gasteiger partial charge in [0.25, 0.3) is 0 Å². The summed E-state index contributed by atoms with van der Waals surface area (Å²) in [6, 6.07) is 1.43. The second-order valence-corrected chi connectivity index (χ2v) is 5.10. The fraction of sp³-hybridized carbons (Fsp3) is 0.455. The summed E-state index contributed by atoms with van der Waals surface area (Å²) in [6.07, 6.45) is 2.26. The molecule has 0 spiro atoms. The Bertz CT molecular complexity index is 432. The van der Waals surface area contributed by atoms with E-state index >= 15 is 0 Å². The molecule has 0 saturated heterocycles. The van der Waals surface area contributed by atoms with Gasteiger partial charge in [0.2, 0.25) is 0 Å². The van der Waals surface area contributed by atoms with Crippen LogP contribution in [0.15, 0.2) is 10.5 Å². The Morgan fingerprint density at radius 3 is 2.75 bits per heavy atom. The molecule has 3 nitrogen and oxygen atoms in total. The van der Waals surface area contributed by atoms with Crippen LogP contribution in [-0.4, -0.2) is 17.8 Å². The van der Waals surface area contributed by atoms with E-state index in [9.17, 15) is 9.50 Å². The van der Waals surface area contributed by atoms with E-state index in [1.54, 1.807) is 0 Å². The molecule has 1 aromatic rings. The van der Waals surface area contributed by atoms with Gasteiger partial charge in [-0.2, -0.15) is 0 Å². The van der Waals surface area contributed by atoms with E-state index < -0.39 is 5.82 Å². The predicted octanol–water partition coefficient (Wildman–Crippen LogP) is 2.34. The Labute approximate surface area is 102 Å². The zero-order valence-electron chi connectivity index (χ0n) is 8.89. The molecule has 5 heteroatoms. The first-order valence-electron chi connectivity index (χ1n) is 4.99. The molecule has 0 bridgehead atoms. The third kappa shape index (κ3) is 2.01. The molecule has 1 aliphatic carbocycles. The van der Waals surface area contributed by atoms with Crippen molar-refractivity contribution < 1.29 is 14.2 Å². The van der Waals surface area contributed by atoms with Crippen molar-refractivity contribution in [1.82, 2.24) is 0 Å². The van der Waals surface area contributed by atoms with Gasteiger partial charge in [-0.1, -0.05) is 15.9 Å². The van der Waals surface area contributed by atoms with Gasteiger partial charge in [0.1, 0.15) is 0 Å². The molecule has 0 radical (unpaired) electrons. The minimum atomic E-state index is -0.536. The maximum atomic E-state index is 14.0. The van der Waals surface area contributed by atoms with E-state index in [1.165, 1.54) is 13.2 Å². The second kappa shape index (κ2) is 3.89. The number of ether oxygens (including phenoxy) is 1. The van der Waals surface area contributed by atoms with Crippen LogP contribution in [0.1, 0.15) is 18.4 Å². The number of methoxy groups -OCH3 is 1. The molecule has 0 heterocycles. The molecule has 3 N–H and O–H groups in total. The zero-order valence-corrected chi connectivity index (χ0v) is 10.5. The van der Waals surface area contributed by atoms with Crippen molar-refractivity contribution in [2.24, 2.45) is 5.73 Å². The van der Waals surface area contributed by atoms with Crippen molar-refractivity contribution in [2.75, 3.05) is 7.11 Å². The molecule has 1 aromatic carbocycles. The summed E-state index contributed by atoms with van der Waals surface area (Å²) < 4.78 is 19.3. The van der Waals surface area contributed by atoms with E-state index in [0.29, 0.717) is 16.5 Å². The van der Waals surface area contributed by atoms with Crippen LogP contribution in [-0.2, 0) is 6.42 Å². The van der Waals surface area contributed by atoms with Crippen LogP contribution in [0.5, 0.6) is 11.5 Å². The van der Waals surface area contributed by atoms with Crippen LogP contribution in [0, 0.1) is 5.82 Å². The number of benzene rings is 1. The maximum absolute atomic E-state index is 14.0. The molecule has 1 saturated carbocycles. The van der Waals surface area contributed by atoms with Crippen molar-refractivity contribution >= 4 is 15.9 Å². The van der Waals surface area contributed by atoms with Crippen molar-refractivity contribution in [3.8, 4) is 11.5 Å². The largest absolute Gasteiger partial charge is 0.504 e. The van der Waals surface area contributed by atoms with Crippen LogP contribution in [0.3, 0.4) is 0 Å². The standard InChI is InChI=1S/C11H13BrFNO2/c1-16-10-8(15)4-7(12)6(9(10)13)5-11(14)2-3-11/h4,15H,2-3,5,14H2,1H3. The minimum Gasteiger partial charge on any atom is -0.504 e. The summed E-state index contributed by atoms with van der Waals surface area (Å²) in [5.41, 5.74) is 6.14. The lowest BCUT2D eigenvalue weighted by Crippen LogP contribution is -2.25. The first kappa shape index (κ1) is 11.7. The highest BCUT2D eigenvalue weighted by Gasteiger charge is 2.39. The summed E-state index contributed by atoms with van der Waals surface area (Å²) >= 11 is 3.23. The molecule has 0 atom stereocenters. The van der Waals surface area contributed by atoms with E-state index in [0.717, 1.165) is 12.8 Å². The molecule has 88 valence electrons.